The third-order valence-electron chi connectivity index (χ3n) is 2.11. The Labute approximate surface area is 97.8 Å². The zero-order valence-corrected chi connectivity index (χ0v) is 9.57. The zero-order chi connectivity index (χ0) is 11.5. The minimum Gasteiger partial charge on any atom is -0.465 e. The number of hydrogen-bond donors (Lipinski definition) is 0. The molecule has 2 rings (SSSR count). The third-order valence-corrected chi connectivity index (χ3v) is 2.35. The highest BCUT2D eigenvalue weighted by Crippen LogP contribution is 2.17. The highest BCUT2D eigenvalue weighted by molar-refractivity contribution is 6.31. The molecular weight excluding hydrogens is 228 g/mol. The molecule has 0 aliphatic rings. The normalized spacial score (nSPS) is 10.6. The Kier molecular flexibility index (Phi) is 3.10. The number of esters is 1. The van der Waals surface area contributed by atoms with Crippen LogP contribution in [-0.2, 0) is 16.1 Å². The van der Waals surface area contributed by atoms with E-state index in [0.29, 0.717) is 11.6 Å². The van der Waals surface area contributed by atoms with Gasteiger partial charge in [0.15, 0.2) is 0 Å². The van der Waals surface area contributed by atoms with Gasteiger partial charge in [-0.2, -0.15) is 5.10 Å². The number of fused-ring (bicyclic) bond motifs is 1. The van der Waals surface area contributed by atoms with E-state index in [-0.39, 0.29) is 12.5 Å². The Balaban J connectivity index is 2.23. The first kappa shape index (κ1) is 11.0. The minimum atomic E-state index is -0.290. The molecule has 84 valence electrons. The second kappa shape index (κ2) is 4.53. The van der Waals surface area contributed by atoms with Crippen molar-refractivity contribution in [3.63, 3.8) is 0 Å². The molecule has 0 N–H and O–H groups in total. The van der Waals surface area contributed by atoms with Crippen LogP contribution in [0.5, 0.6) is 0 Å². The molecule has 2 aromatic rings. The van der Waals surface area contributed by atoms with Gasteiger partial charge in [-0.05, 0) is 25.1 Å². The predicted molar refractivity (Wildman–Crippen MR) is 61.4 cm³/mol. The molecule has 5 heteroatoms. The Morgan fingerprint density at radius 2 is 2.38 bits per heavy atom. The topological polar surface area (TPSA) is 44.1 Å². The maximum Gasteiger partial charge on any atom is 0.327 e. The molecule has 0 aliphatic heterocycles. The van der Waals surface area contributed by atoms with Crippen molar-refractivity contribution in [2.75, 3.05) is 6.61 Å². The number of carbonyl (C=O) groups excluding carboxylic acids is 1. The fourth-order valence-corrected chi connectivity index (χ4v) is 1.65. The van der Waals surface area contributed by atoms with Crippen LogP contribution in [0.3, 0.4) is 0 Å². The summed E-state index contributed by atoms with van der Waals surface area (Å²) in [5.41, 5.74) is 0.814. The van der Waals surface area contributed by atoms with Gasteiger partial charge in [-0.3, -0.25) is 9.48 Å². The van der Waals surface area contributed by atoms with E-state index in [1.165, 1.54) is 0 Å². The van der Waals surface area contributed by atoms with E-state index in [1.807, 2.05) is 12.1 Å². The summed E-state index contributed by atoms with van der Waals surface area (Å²) in [6.07, 6.45) is 1.78. The molecule has 0 amide bonds. The van der Waals surface area contributed by atoms with Gasteiger partial charge in [-0.1, -0.05) is 11.6 Å². The lowest BCUT2D eigenvalue weighted by molar-refractivity contribution is -0.144. The van der Waals surface area contributed by atoms with Gasteiger partial charge in [0.25, 0.3) is 0 Å². The molecule has 0 unspecified atom stereocenters. The number of nitrogens with zero attached hydrogens (tertiary/aromatic N) is 2. The Morgan fingerprint density at radius 1 is 1.56 bits per heavy atom. The van der Waals surface area contributed by atoms with Crippen LogP contribution in [0.25, 0.3) is 10.9 Å². The van der Waals surface area contributed by atoms with Crippen LogP contribution in [0.4, 0.5) is 0 Å². The smallest absolute Gasteiger partial charge is 0.327 e. The van der Waals surface area contributed by atoms with E-state index in [4.69, 9.17) is 16.3 Å². The van der Waals surface area contributed by atoms with E-state index in [2.05, 4.69) is 5.10 Å². The summed E-state index contributed by atoms with van der Waals surface area (Å²) in [5.74, 6) is -0.290. The molecule has 1 aromatic carbocycles. The molecule has 1 heterocycles. The van der Waals surface area contributed by atoms with Gasteiger partial charge in [0.2, 0.25) is 0 Å². The van der Waals surface area contributed by atoms with E-state index in [9.17, 15) is 4.79 Å². The van der Waals surface area contributed by atoms with Crippen LogP contribution in [0.2, 0.25) is 5.02 Å². The number of hydrogen-bond acceptors (Lipinski definition) is 3. The molecule has 0 radical (unpaired) electrons. The lowest BCUT2D eigenvalue weighted by Crippen LogP contribution is -2.13. The number of ether oxygens (including phenoxy) is 1. The summed E-state index contributed by atoms with van der Waals surface area (Å²) in [5, 5.41) is 5.80. The SMILES string of the molecule is CCOC(=O)Cn1cc2cc(Cl)ccc2n1. The molecule has 1 aromatic heterocycles. The third kappa shape index (κ3) is 2.33. The van der Waals surface area contributed by atoms with Gasteiger partial charge >= 0.3 is 5.97 Å². The number of halogens is 1. The van der Waals surface area contributed by atoms with Crippen LogP contribution in [0.15, 0.2) is 24.4 Å². The highest BCUT2D eigenvalue weighted by Gasteiger charge is 2.06. The molecule has 4 nitrogen and oxygen atoms in total. The van der Waals surface area contributed by atoms with Crippen LogP contribution in [0, 0.1) is 0 Å². The van der Waals surface area contributed by atoms with Crippen molar-refractivity contribution in [1.82, 2.24) is 9.78 Å². The van der Waals surface area contributed by atoms with Gasteiger partial charge in [-0.25, -0.2) is 0 Å². The maximum atomic E-state index is 11.2. The van der Waals surface area contributed by atoms with E-state index in [1.54, 1.807) is 23.9 Å². The lowest BCUT2D eigenvalue weighted by atomic mass is 10.3. The molecule has 16 heavy (non-hydrogen) atoms. The Morgan fingerprint density at radius 3 is 3.12 bits per heavy atom. The summed E-state index contributed by atoms with van der Waals surface area (Å²) < 4.78 is 6.39. The van der Waals surface area contributed by atoms with Gasteiger partial charge in [0.1, 0.15) is 6.54 Å². The first-order chi connectivity index (χ1) is 7.69. The van der Waals surface area contributed by atoms with Crippen LogP contribution in [0.1, 0.15) is 6.92 Å². The first-order valence-electron chi connectivity index (χ1n) is 4.97. The monoisotopic (exact) mass is 238 g/mol. The summed E-state index contributed by atoms with van der Waals surface area (Å²) in [7, 11) is 0. The molecule has 0 bridgehead atoms. The minimum absolute atomic E-state index is 0.125. The van der Waals surface area contributed by atoms with Gasteiger partial charge in [0, 0.05) is 16.6 Å². The number of aromatic nitrogens is 2. The van der Waals surface area contributed by atoms with E-state index < -0.39 is 0 Å². The largest absolute Gasteiger partial charge is 0.465 e. The van der Waals surface area contributed by atoms with Gasteiger partial charge in [0.05, 0.1) is 12.1 Å². The predicted octanol–water partition coefficient (Wildman–Crippen LogP) is 2.25. The fourth-order valence-electron chi connectivity index (χ4n) is 1.47. The maximum absolute atomic E-state index is 11.2. The van der Waals surface area contributed by atoms with Crippen LogP contribution in [-0.4, -0.2) is 22.4 Å². The van der Waals surface area contributed by atoms with Crippen molar-refractivity contribution in [3.05, 3.63) is 29.4 Å². The Hall–Kier alpha value is -1.55. The van der Waals surface area contributed by atoms with Crippen molar-refractivity contribution in [2.45, 2.75) is 13.5 Å². The van der Waals surface area contributed by atoms with Gasteiger partial charge in [-0.15, -0.1) is 0 Å². The molecule has 0 spiro atoms. The highest BCUT2D eigenvalue weighted by atomic mass is 35.5. The van der Waals surface area contributed by atoms with E-state index >= 15 is 0 Å². The Bertz CT molecular complexity index is 522. The summed E-state index contributed by atoms with van der Waals surface area (Å²) >= 11 is 5.85. The molecule has 0 saturated carbocycles. The first-order valence-corrected chi connectivity index (χ1v) is 5.35. The fraction of sp³-hybridized carbons (Fsp3) is 0.273. The van der Waals surface area contributed by atoms with Gasteiger partial charge < -0.3 is 4.74 Å². The molecule has 0 aliphatic carbocycles. The molecule has 0 fully saturated rings. The van der Waals surface area contributed by atoms with Crippen LogP contribution < -0.4 is 0 Å². The van der Waals surface area contributed by atoms with Crippen molar-refractivity contribution < 1.29 is 9.53 Å². The van der Waals surface area contributed by atoms with Crippen LogP contribution >= 0.6 is 11.6 Å². The van der Waals surface area contributed by atoms with Crippen molar-refractivity contribution in [1.29, 1.82) is 0 Å². The van der Waals surface area contributed by atoms with Crippen molar-refractivity contribution >= 4 is 28.5 Å². The average molecular weight is 239 g/mol. The quantitative estimate of drug-likeness (QED) is 0.771. The molecule has 0 atom stereocenters. The lowest BCUT2D eigenvalue weighted by Gasteiger charge is -2.00. The van der Waals surface area contributed by atoms with E-state index in [0.717, 1.165) is 10.9 Å². The molecular formula is C11H11ClN2O2. The standard InChI is InChI=1S/C11H11ClN2O2/c1-2-16-11(15)7-14-6-8-5-9(12)3-4-10(8)13-14/h3-6H,2,7H2,1H3. The summed E-state index contributed by atoms with van der Waals surface area (Å²) in [6.45, 7) is 2.28. The van der Waals surface area contributed by atoms with Crippen molar-refractivity contribution in [2.24, 2.45) is 0 Å². The van der Waals surface area contributed by atoms with Crippen molar-refractivity contribution in [3.8, 4) is 0 Å². The average Bonchev–Trinajstić information content (AvgIpc) is 2.59. The summed E-state index contributed by atoms with van der Waals surface area (Å²) in [4.78, 5) is 11.2. The molecule has 0 saturated heterocycles. The second-order valence-electron chi connectivity index (χ2n) is 3.33. The number of carbonyl (C=O) groups is 1. The summed E-state index contributed by atoms with van der Waals surface area (Å²) in [6, 6.07) is 5.40. The second-order valence-corrected chi connectivity index (χ2v) is 3.77. The zero-order valence-electron chi connectivity index (χ0n) is 8.81. The number of rotatable bonds is 3. The number of benzene rings is 1.